The summed E-state index contributed by atoms with van der Waals surface area (Å²) >= 11 is 1.52. The lowest BCUT2D eigenvalue weighted by Gasteiger charge is -2.25. The van der Waals surface area contributed by atoms with Gasteiger partial charge in [-0.1, -0.05) is 18.2 Å². The van der Waals surface area contributed by atoms with Gasteiger partial charge in [-0.05, 0) is 88.1 Å². The van der Waals surface area contributed by atoms with Crippen molar-refractivity contribution in [3.05, 3.63) is 36.0 Å². The number of benzene rings is 1. The minimum atomic E-state index is -1.16. The van der Waals surface area contributed by atoms with Crippen molar-refractivity contribution in [1.29, 1.82) is 0 Å². The fourth-order valence-electron chi connectivity index (χ4n) is 4.47. The maximum atomic E-state index is 13.4. The summed E-state index contributed by atoms with van der Waals surface area (Å²) < 4.78 is 0. The number of amides is 3. The normalized spacial score (nSPS) is 14.1. The fraction of sp³-hybridized carbons (Fsp3) is 0.571. The van der Waals surface area contributed by atoms with Crippen molar-refractivity contribution in [3.8, 4) is 0 Å². The number of nitrogens with two attached hydrogens (primary N) is 3. The Balaban J connectivity index is 2.10. The van der Waals surface area contributed by atoms with E-state index < -0.39 is 47.9 Å². The van der Waals surface area contributed by atoms with Gasteiger partial charge in [-0.2, -0.15) is 11.8 Å². The molecule has 4 unspecified atom stereocenters. The first-order valence-electron chi connectivity index (χ1n) is 14.0. The van der Waals surface area contributed by atoms with Crippen LogP contribution in [0.3, 0.4) is 0 Å². The third-order valence-corrected chi connectivity index (χ3v) is 7.48. The van der Waals surface area contributed by atoms with Gasteiger partial charge in [0.05, 0.1) is 6.04 Å². The van der Waals surface area contributed by atoms with E-state index in [0.717, 1.165) is 16.5 Å². The Labute approximate surface area is 245 Å². The molecule has 11 N–H and O–H groups in total. The van der Waals surface area contributed by atoms with Crippen molar-refractivity contribution >= 4 is 46.4 Å². The maximum Gasteiger partial charge on any atom is 0.326 e. The van der Waals surface area contributed by atoms with Crippen LogP contribution in [-0.4, -0.2) is 83.0 Å². The van der Waals surface area contributed by atoms with E-state index >= 15 is 0 Å². The zero-order valence-corrected chi connectivity index (χ0v) is 24.5. The Morgan fingerprint density at radius 2 is 1.41 bits per heavy atom. The van der Waals surface area contributed by atoms with Crippen LogP contribution in [-0.2, 0) is 25.6 Å². The molecular weight excluding hydrogens is 546 g/mol. The van der Waals surface area contributed by atoms with Crippen LogP contribution in [0.1, 0.15) is 50.5 Å². The van der Waals surface area contributed by atoms with Crippen LogP contribution in [0.2, 0.25) is 0 Å². The molecule has 0 bridgehead atoms. The molecule has 228 valence electrons. The first-order chi connectivity index (χ1) is 19.7. The molecule has 0 saturated heterocycles. The number of thioether (sulfide) groups is 1. The van der Waals surface area contributed by atoms with Gasteiger partial charge < -0.3 is 43.2 Å². The van der Waals surface area contributed by atoms with Gasteiger partial charge in [0.15, 0.2) is 0 Å². The average Bonchev–Trinajstić information content (AvgIpc) is 3.36. The number of para-hydroxylation sites is 1. The molecule has 1 heterocycles. The second kappa shape index (κ2) is 18.3. The van der Waals surface area contributed by atoms with Crippen LogP contribution in [0.4, 0.5) is 0 Å². The zero-order valence-electron chi connectivity index (χ0n) is 23.7. The maximum absolute atomic E-state index is 13.4. The number of aliphatic carboxylic acids is 1. The molecule has 2 aromatic rings. The first kappa shape index (κ1) is 34.1. The summed E-state index contributed by atoms with van der Waals surface area (Å²) in [6.45, 7) is 0.840. The molecule has 13 heteroatoms. The summed E-state index contributed by atoms with van der Waals surface area (Å²) in [6.07, 6.45) is 7.17. The molecule has 41 heavy (non-hydrogen) atoms. The summed E-state index contributed by atoms with van der Waals surface area (Å²) in [4.78, 5) is 54.4. The lowest BCUT2D eigenvalue weighted by atomic mass is 10.0. The number of carbonyl (C=O) groups excluding carboxylic acids is 3. The summed E-state index contributed by atoms with van der Waals surface area (Å²) in [5.74, 6) is -2.18. The molecule has 3 amide bonds. The molecule has 12 nitrogen and oxygen atoms in total. The number of carboxylic acids is 1. The number of carboxylic acid groups (broad SMARTS) is 1. The highest BCUT2D eigenvalue weighted by molar-refractivity contribution is 7.98. The number of H-pyrrole nitrogens is 1. The molecule has 0 fully saturated rings. The Kier molecular flexibility index (Phi) is 15.2. The van der Waals surface area contributed by atoms with Gasteiger partial charge in [-0.15, -0.1) is 0 Å². The average molecular weight is 592 g/mol. The van der Waals surface area contributed by atoms with E-state index in [1.54, 1.807) is 0 Å². The standard InChI is InChI=1S/C28H45N7O5S/c1-41-15-12-23(33-25(36)20(31)16-18-17-32-21-9-3-2-8-19(18)21)27(38)34-22(10-4-6-13-29)26(37)35-24(28(39)40)11-5-7-14-30/h2-3,8-9,17,20,22-24,32H,4-7,10-16,29-31H2,1H3,(H,33,36)(H,34,38)(H,35,37)(H,39,40). The number of aromatic nitrogens is 1. The number of unbranched alkanes of at least 4 members (excludes halogenated alkanes) is 2. The van der Waals surface area contributed by atoms with Crippen LogP contribution >= 0.6 is 11.8 Å². The number of fused-ring (bicyclic) bond motifs is 1. The number of rotatable bonds is 20. The van der Waals surface area contributed by atoms with Crippen molar-refractivity contribution in [2.24, 2.45) is 17.2 Å². The number of hydrogen-bond donors (Lipinski definition) is 8. The number of hydrogen-bond acceptors (Lipinski definition) is 8. The molecule has 2 rings (SSSR count). The summed E-state index contributed by atoms with van der Waals surface area (Å²) in [5, 5.41) is 18.6. The van der Waals surface area contributed by atoms with Gasteiger partial charge in [0, 0.05) is 17.1 Å². The van der Waals surface area contributed by atoms with Crippen molar-refractivity contribution in [2.45, 2.75) is 75.5 Å². The highest BCUT2D eigenvalue weighted by atomic mass is 32.2. The van der Waals surface area contributed by atoms with E-state index in [9.17, 15) is 24.3 Å². The van der Waals surface area contributed by atoms with E-state index in [1.165, 1.54) is 11.8 Å². The van der Waals surface area contributed by atoms with E-state index in [4.69, 9.17) is 17.2 Å². The van der Waals surface area contributed by atoms with E-state index in [1.807, 2.05) is 36.7 Å². The fourth-order valence-corrected chi connectivity index (χ4v) is 4.94. The Bertz CT molecular complexity index is 1130. The third-order valence-electron chi connectivity index (χ3n) is 6.84. The van der Waals surface area contributed by atoms with Crippen LogP contribution in [0, 0.1) is 0 Å². The second-order valence-corrected chi connectivity index (χ2v) is 11.0. The lowest BCUT2D eigenvalue weighted by Crippen LogP contribution is -2.57. The van der Waals surface area contributed by atoms with Gasteiger partial charge in [-0.25, -0.2) is 4.79 Å². The van der Waals surface area contributed by atoms with Crippen LogP contribution in [0.15, 0.2) is 30.5 Å². The van der Waals surface area contributed by atoms with Gasteiger partial charge in [0.2, 0.25) is 17.7 Å². The topological polar surface area (TPSA) is 218 Å². The summed E-state index contributed by atoms with van der Waals surface area (Å²) in [6, 6.07) is 3.80. The van der Waals surface area contributed by atoms with Gasteiger partial charge >= 0.3 is 5.97 Å². The van der Waals surface area contributed by atoms with Crippen molar-refractivity contribution in [1.82, 2.24) is 20.9 Å². The van der Waals surface area contributed by atoms with E-state index in [-0.39, 0.29) is 19.3 Å². The highest BCUT2D eigenvalue weighted by Gasteiger charge is 2.30. The molecule has 1 aromatic carbocycles. The summed E-state index contributed by atoms with van der Waals surface area (Å²) in [5.41, 5.74) is 19.2. The quantitative estimate of drug-likeness (QED) is 0.101. The molecule has 0 saturated carbocycles. The zero-order chi connectivity index (χ0) is 30.2. The SMILES string of the molecule is CSCCC(NC(=O)C(N)Cc1c[nH]c2ccccc12)C(=O)NC(CCCCN)C(=O)NC(CCCCN)C(=O)O. The lowest BCUT2D eigenvalue weighted by molar-refractivity contribution is -0.142. The minimum Gasteiger partial charge on any atom is -0.480 e. The Morgan fingerprint density at radius 3 is 2.02 bits per heavy atom. The van der Waals surface area contributed by atoms with Gasteiger partial charge in [0.1, 0.15) is 18.1 Å². The third kappa shape index (κ3) is 11.3. The van der Waals surface area contributed by atoms with Crippen molar-refractivity contribution in [3.63, 3.8) is 0 Å². The van der Waals surface area contributed by atoms with Crippen LogP contribution in [0.5, 0.6) is 0 Å². The summed E-state index contributed by atoms with van der Waals surface area (Å²) in [7, 11) is 0. The number of aromatic amines is 1. The molecule has 0 radical (unpaired) electrons. The molecule has 0 aliphatic rings. The monoisotopic (exact) mass is 591 g/mol. The predicted octanol–water partition coefficient (Wildman–Crippen LogP) is 0.588. The number of nitrogens with one attached hydrogen (secondary N) is 4. The molecule has 0 spiro atoms. The van der Waals surface area contributed by atoms with Crippen LogP contribution in [0.25, 0.3) is 10.9 Å². The highest BCUT2D eigenvalue weighted by Crippen LogP contribution is 2.19. The molecule has 0 aliphatic carbocycles. The van der Waals surface area contributed by atoms with Crippen molar-refractivity contribution in [2.75, 3.05) is 25.1 Å². The van der Waals surface area contributed by atoms with Gasteiger partial charge in [0.25, 0.3) is 0 Å². The predicted molar refractivity (Wildman–Crippen MR) is 162 cm³/mol. The first-order valence-corrected chi connectivity index (χ1v) is 15.4. The smallest absolute Gasteiger partial charge is 0.326 e. The molecule has 4 atom stereocenters. The second-order valence-electron chi connectivity index (χ2n) is 10.0. The Morgan fingerprint density at radius 1 is 0.854 bits per heavy atom. The minimum absolute atomic E-state index is 0.225. The molecule has 1 aromatic heterocycles. The number of carbonyl (C=O) groups is 4. The van der Waals surface area contributed by atoms with Gasteiger partial charge in [-0.3, -0.25) is 14.4 Å². The largest absolute Gasteiger partial charge is 0.480 e. The Hall–Kier alpha value is -3.13. The van der Waals surface area contributed by atoms with Crippen molar-refractivity contribution < 1.29 is 24.3 Å². The van der Waals surface area contributed by atoms with E-state index in [2.05, 4.69) is 20.9 Å². The molecular formula is C28H45N7O5S. The van der Waals surface area contributed by atoms with E-state index in [0.29, 0.717) is 50.9 Å². The molecule has 0 aliphatic heterocycles. The van der Waals surface area contributed by atoms with Crippen LogP contribution < -0.4 is 33.2 Å².